The van der Waals surface area contributed by atoms with Gasteiger partial charge in [0.15, 0.2) is 0 Å². The van der Waals surface area contributed by atoms with Crippen LogP contribution in [0.5, 0.6) is 0 Å². The molecule has 1 amide bonds. The summed E-state index contributed by atoms with van der Waals surface area (Å²) in [6.45, 7) is 2.69. The van der Waals surface area contributed by atoms with Crippen LogP contribution in [0, 0.1) is 0 Å². The molecular formula is C19H21NO4S. The summed E-state index contributed by atoms with van der Waals surface area (Å²) in [4.78, 5) is 24.6. The second-order valence-electron chi connectivity index (χ2n) is 5.89. The normalized spacial score (nSPS) is 16.6. The zero-order valence-electron chi connectivity index (χ0n) is 14.3. The minimum absolute atomic E-state index is 0.211. The van der Waals surface area contributed by atoms with Crippen LogP contribution < -0.4 is 5.32 Å². The number of thiophene rings is 1. The Morgan fingerprint density at radius 3 is 2.68 bits per heavy atom. The molecule has 25 heavy (non-hydrogen) atoms. The van der Waals surface area contributed by atoms with Gasteiger partial charge in [0.2, 0.25) is 0 Å². The maximum atomic E-state index is 12.3. The fourth-order valence-corrected chi connectivity index (χ4v) is 3.82. The quantitative estimate of drug-likeness (QED) is 0.823. The number of carbonyl (C=O) groups excluding carboxylic acids is 2. The van der Waals surface area contributed by atoms with Gasteiger partial charge in [0, 0.05) is 17.6 Å². The number of amides is 1. The Kier molecular flexibility index (Phi) is 5.50. The van der Waals surface area contributed by atoms with Gasteiger partial charge in [0.25, 0.3) is 5.91 Å². The molecule has 2 heterocycles. The van der Waals surface area contributed by atoms with Crippen molar-refractivity contribution in [3.05, 3.63) is 40.8 Å². The number of esters is 1. The fraction of sp³-hybridized carbons (Fsp3) is 0.368. The predicted octanol–water partition coefficient (Wildman–Crippen LogP) is 3.88. The molecule has 6 heteroatoms. The molecule has 5 nitrogen and oxygen atoms in total. The summed E-state index contributed by atoms with van der Waals surface area (Å²) in [5.41, 5.74) is 3.31. The molecule has 1 fully saturated rings. The lowest BCUT2D eigenvalue weighted by Crippen LogP contribution is -2.27. The Hall–Kier alpha value is -2.18. The highest BCUT2D eigenvalue weighted by atomic mass is 32.1. The molecule has 1 aromatic carbocycles. The Morgan fingerprint density at radius 1 is 1.32 bits per heavy atom. The SMILES string of the molecule is CCc1ccc(-c2csc(NC(=O)[C@@H]3CCCO3)c2C(=O)OC)cc1. The third kappa shape index (κ3) is 3.75. The number of carbonyl (C=O) groups is 2. The molecule has 1 aromatic heterocycles. The Bertz CT molecular complexity index is 760. The summed E-state index contributed by atoms with van der Waals surface area (Å²) in [5, 5.41) is 5.21. The van der Waals surface area contributed by atoms with E-state index in [0.717, 1.165) is 24.0 Å². The molecule has 0 saturated carbocycles. The van der Waals surface area contributed by atoms with Gasteiger partial charge in [-0.3, -0.25) is 4.79 Å². The first-order chi connectivity index (χ1) is 12.1. The molecule has 0 unspecified atom stereocenters. The minimum Gasteiger partial charge on any atom is -0.465 e. The summed E-state index contributed by atoms with van der Waals surface area (Å²) >= 11 is 1.32. The highest BCUT2D eigenvalue weighted by molar-refractivity contribution is 7.15. The van der Waals surface area contributed by atoms with Crippen molar-refractivity contribution in [2.75, 3.05) is 19.0 Å². The first kappa shape index (κ1) is 17.6. The molecule has 1 N–H and O–H groups in total. The molecule has 0 aliphatic carbocycles. The van der Waals surface area contributed by atoms with Crippen LogP contribution in [0.1, 0.15) is 35.7 Å². The van der Waals surface area contributed by atoms with E-state index in [1.54, 1.807) is 0 Å². The molecule has 1 saturated heterocycles. The number of methoxy groups -OCH3 is 1. The zero-order chi connectivity index (χ0) is 17.8. The lowest BCUT2D eigenvalue weighted by atomic mass is 10.0. The van der Waals surface area contributed by atoms with Crippen LogP contribution in [-0.4, -0.2) is 31.7 Å². The van der Waals surface area contributed by atoms with Crippen molar-refractivity contribution in [2.45, 2.75) is 32.3 Å². The van der Waals surface area contributed by atoms with Crippen LogP contribution in [0.2, 0.25) is 0 Å². The molecule has 2 aromatic rings. The van der Waals surface area contributed by atoms with Crippen molar-refractivity contribution in [3.63, 3.8) is 0 Å². The number of ether oxygens (including phenoxy) is 2. The molecule has 0 radical (unpaired) electrons. The second kappa shape index (κ2) is 7.80. The number of aryl methyl sites for hydroxylation is 1. The fourth-order valence-electron chi connectivity index (χ4n) is 2.86. The van der Waals surface area contributed by atoms with Gasteiger partial charge in [-0.15, -0.1) is 11.3 Å². The van der Waals surface area contributed by atoms with E-state index in [1.165, 1.54) is 24.0 Å². The van der Waals surface area contributed by atoms with Crippen LogP contribution in [0.25, 0.3) is 11.1 Å². The standard InChI is InChI=1S/C19H21NO4S/c1-3-12-6-8-13(9-7-12)14-11-25-18(16(14)19(22)23-2)20-17(21)15-5-4-10-24-15/h6-9,11,15H,3-5,10H2,1-2H3,(H,20,21)/t15-/m0/s1. The van der Waals surface area contributed by atoms with Crippen molar-refractivity contribution in [2.24, 2.45) is 0 Å². The predicted molar refractivity (Wildman–Crippen MR) is 98.1 cm³/mol. The zero-order valence-corrected chi connectivity index (χ0v) is 15.2. The number of nitrogens with one attached hydrogen (secondary N) is 1. The lowest BCUT2D eigenvalue weighted by molar-refractivity contribution is -0.124. The van der Waals surface area contributed by atoms with Gasteiger partial charge in [-0.1, -0.05) is 31.2 Å². The van der Waals surface area contributed by atoms with E-state index in [4.69, 9.17) is 9.47 Å². The third-order valence-electron chi connectivity index (χ3n) is 4.31. The van der Waals surface area contributed by atoms with E-state index in [9.17, 15) is 9.59 Å². The Balaban J connectivity index is 1.92. The smallest absolute Gasteiger partial charge is 0.341 e. The number of hydrogen-bond donors (Lipinski definition) is 1. The topological polar surface area (TPSA) is 64.6 Å². The first-order valence-electron chi connectivity index (χ1n) is 8.35. The van der Waals surface area contributed by atoms with Gasteiger partial charge in [-0.2, -0.15) is 0 Å². The van der Waals surface area contributed by atoms with Crippen molar-refractivity contribution < 1.29 is 19.1 Å². The van der Waals surface area contributed by atoms with Crippen LogP contribution in [0.3, 0.4) is 0 Å². The van der Waals surface area contributed by atoms with Crippen molar-refractivity contribution in [3.8, 4) is 11.1 Å². The number of benzene rings is 1. The van der Waals surface area contributed by atoms with Gasteiger partial charge >= 0.3 is 5.97 Å². The van der Waals surface area contributed by atoms with Crippen LogP contribution in [0.4, 0.5) is 5.00 Å². The van der Waals surface area contributed by atoms with Crippen LogP contribution >= 0.6 is 11.3 Å². The van der Waals surface area contributed by atoms with Crippen molar-refractivity contribution >= 4 is 28.2 Å². The van der Waals surface area contributed by atoms with Gasteiger partial charge in [-0.05, 0) is 30.4 Å². The van der Waals surface area contributed by atoms with Gasteiger partial charge in [0.1, 0.15) is 16.7 Å². The van der Waals surface area contributed by atoms with E-state index in [0.29, 0.717) is 23.6 Å². The van der Waals surface area contributed by atoms with Crippen molar-refractivity contribution in [1.82, 2.24) is 0 Å². The molecule has 1 aliphatic rings. The van der Waals surface area contributed by atoms with E-state index in [-0.39, 0.29) is 5.91 Å². The van der Waals surface area contributed by atoms with Crippen LogP contribution in [-0.2, 0) is 20.7 Å². The summed E-state index contributed by atoms with van der Waals surface area (Å²) in [6.07, 6.45) is 2.09. The van der Waals surface area contributed by atoms with Crippen LogP contribution in [0.15, 0.2) is 29.6 Å². The summed E-state index contributed by atoms with van der Waals surface area (Å²) in [5.74, 6) is -0.671. The number of rotatable bonds is 5. The largest absolute Gasteiger partial charge is 0.465 e. The number of anilines is 1. The summed E-state index contributed by atoms with van der Waals surface area (Å²) < 4.78 is 10.3. The molecule has 0 bridgehead atoms. The Morgan fingerprint density at radius 2 is 2.08 bits per heavy atom. The second-order valence-corrected chi connectivity index (χ2v) is 6.77. The third-order valence-corrected chi connectivity index (χ3v) is 5.21. The molecule has 1 aliphatic heterocycles. The average molecular weight is 359 g/mol. The molecule has 132 valence electrons. The van der Waals surface area contributed by atoms with Gasteiger partial charge in [0.05, 0.1) is 7.11 Å². The maximum absolute atomic E-state index is 12.3. The minimum atomic E-state index is -0.460. The highest BCUT2D eigenvalue weighted by Crippen LogP contribution is 2.36. The Labute approximate surface area is 151 Å². The van der Waals surface area contributed by atoms with Gasteiger partial charge < -0.3 is 14.8 Å². The lowest BCUT2D eigenvalue weighted by Gasteiger charge is -2.11. The van der Waals surface area contributed by atoms with E-state index in [2.05, 4.69) is 12.2 Å². The molecular weight excluding hydrogens is 338 g/mol. The first-order valence-corrected chi connectivity index (χ1v) is 9.23. The number of hydrogen-bond acceptors (Lipinski definition) is 5. The van der Waals surface area contributed by atoms with E-state index < -0.39 is 12.1 Å². The maximum Gasteiger partial charge on any atom is 0.341 e. The summed E-state index contributed by atoms with van der Waals surface area (Å²) in [7, 11) is 1.34. The van der Waals surface area contributed by atoms with E-state index in [1.807, 2.05) is 29.6 Å². The highest BCUT2D eigenvalue weighted by Gasteiger charge is 2.27. The average Bonchev–Trinajstić information content (AvgIpc) is 3.31. The molecule has 1 atom stereocenters. The van der Waals surface area contributed by atoms with Gasteiger partial charge in [-0.25, -0.2) is 4.79 Å². The molecule has 3 rings (SSSR count). The van der Waals surface area contributed by atoms with Crippen molar-refractivity contribution in [1.29, 1.82) is 0 Å². The van der Waals surface area contributed by atoms with E-state index >= 15 is 0 Å². The molecule has 0 spiro atoms. The summed E-state index contributed by atoms with van der Waals surface area (Å²) in [6, 6.07) is 8.05. The monoisotopic (exact) mass is 359 g/mol.